The van der Waals surface area contributed by atoms with Crippen molar-refractivity contribution in [3.8, 4) is 5.75 Å². The van der Waals surface area contributed by atoms with Gasteiger partial charge >= 0.3 is 5.63 Å². The zero-order chi connectivity index (χ0) is 20.3. The summed E-state index contributed by atoms with van der Waals surface area (Å²) in [6, 6.07) is 13.2. The normalized spacial score (nSPS) is 12.9. The molecular formula is C21H18NO6-. The number of rotatable bonds is 6. The Kier molecular flexibility index (Phi) is 5.44. The number of ether oxygens (including phenoxy) is 1. The van der Waals surface area contributed by atoms with E-state index >= 15 is 0 Å². The van der Waals surface area contributed by atoms with Crippen LogP contribution in [0.15, 0.2) is 63.8 Å². The smallest absolute Gasteiger partial charge is 0.336 e. The Bertz CT molecular complexity index is 1070. The van der Waals surface area contributed by atoms with Crippen LogP contribution in [0, 0.1) is 6.92 Å². The third-order valence-electron chi connectivity index (χ3n) is 4.26. The summed E-state index contributed by atoms with van der Waals surface area (Å²) in [5, 5.41) is 14.6. The fraction of sp³-hybridized carbons (Fsp3) is 0.190. The summed E-state index contributed by atoms with van der Waals surface area (Å²) in [7, 11) is 0. The van der Waals surface area contributed by atoms with Gasteiger partial charge in [0.15, 0.2) is 6.10 Å². The molecule has 144 valence electrons. The molecule has 1 heterocycles. The van der Waals surface area contributed by atoms with Gasteiger partial charge in [-0.2, -0.15) is 0 Å². The first-order valence-corrected chi connectivity index (χ1v) is 8.62. The van der Waals surface area contributed by atoms with E-state index in [0.29, 0.717) is 16.9 Å². The average molecular weight is 380 g/mol. The molecule has 1 amide bonds. The maximum absolute atomic E-state index is 12.4. The third-order valence-corrected chi connectivity index (χ3v) is 4.26. The number of aryl methyl sites for hydroxylation is 1. The summed E-state index contributed by atoms with van der Waals surface area (Å²) in [6.07, 6.45) is -0.987. The number of carboxylic acids is 1. The molecule has 1 aromatic heterocycles. The molecule has 0 bridgehead atoms. The lowest BCUT2D eigenvalue weighted by molar-refractivity contribution is -0.308. The number of nitrogens with one attached hydrogen (secondary N) is 1. The Hall–Kier alpha value is -3.61. The quantitative estimate of drug-likeness (QED) is 0.649. The van der Waals surface area contributed by atoms with Gasteiger partial charge in [0.1, 0.15) is 11.3 Å². The van der Waals surface area contributed by atoms with Crippen molar-refractivity contribution in [2.24, 2.45) is 0 Å². The van der Waals surface area contributed by atoms with Gasteiger partial charge in [0.25, 0.3) is 5.91 Å². The highest BCUT2D eigenvalue weighted by atomic mass is 16.5. The summed E-state index contributed by atoms with van der Waals surface area (Å²) in [5.41, 5.74) is 1.02. The Labute approximate surface area is 160 Å². The second-order valence-corrected chi connectivity index (χ2v) is 6.34. The van der Waals surface area contributed by atoms with E-state index in [-0.39, 0.29) is 0 Å². The van der Waals surface area contributed by atoms with Crippen LogP contribution in [0.1, 0.15) is 24.1 Å². The molecule has 0 saturated heterocycles. The maximum Gasteiger partial charge on any atom is 0.336 e. The topological polar surface area (TPSA) is 109 Å². The lowest BCUT2D eigenvalue weighted by Gasteiger charge is -2.22. The number of carboxylic acid groups (broad SMARTS) is 1. The molecule has 28 heavy (non-hydrogen) atoms. The molecule has 0 unspecified atom stereocenters. The zero-order valence-electron chi connectivity index (χ0n) is 15.3. The van der Waals surface area contributed by atoms with Gasteiger partial charge in [-0.15, -0.1) is 0 Å². The van der Waals surface area contributed by atoms with Crippen molar-refractivity contribution in [2.75, 3.05) is 0 Å². The van der Waals surface area contributed by atoms with Gasteiger partial charge in [-0.25, -0.2) is 4.79 Å². The number of carbonyl (C=O) groups is 2. The molecule has 2 aromatic carbocycles. The molecule has 0 fully saturated rings. The first-order valence-electron chi connectivity index (χ1n) is 8.62. The lowest BCUT2D eigenvalue weighted by atomic mass is 10.1. The maximum atomic E-state index is 12.4. The van der Waals surface area contributed by atoms with Crippen molar-refractivity contribution in [3.05, 3.63) is 76.1 Å². The van der Waals surface area contributed by atoms with E-state index in [1.54, 1.807) is 49.4 Å². The molecule has 7 nitrogen and oxygen atoms in total. The molecule has 0 aliphatic carbocycles. The van der Waals surface area contributed by atoms with Crippen LogP contribution in [-0.4, -0.2) is 18.0 Å². The monoisotopic (exact) mass is 380 g/mol. The molecule has 0 spiro atoms. The Morgan fingerprint density at radius 2 is 1.82 bits per heavy atom. The van der Waals surface area contributed by atoms with E-state index in [4.69, 9.17) is 9.15 Å². The summed E-state index contributed by atoms with van der Waals surface area (Å²) in [6.45, 7) is 3.28. The summed E-state index contributed by atoms with van der Waals surface area (Å²) in [4.78, 5) is 35.4. The number of hydrogen-bond donors (Lipinski definition) is 1. The van der Waals surface area contributed by atoms with E-state index in [0.717, 1.165) is 10.9 Å². The van der Waals surface area contributed by atoms with Crippen molar-refractivity contribution in [2.45, 2.75) is 26.0 Å². The van der Waals surface area contributed by atoms with Crippen molar-refractivity contribution >= 4 is 22.8 Å². The molecule has 3 rings (SSSR count). The minimum Gasteiger partial charge on any atom is -0.548 e. The summed E-state index contributed by atoms with van der Waals surface area (Å²) >= 11 is 0. The standard InChI is InChI=1S/C21H19NO6/c1-12-10-18(23)28-17-11-15(8-9-16(12)17)27-13(2)20(24)22-19(21(25)26)14-6-4-3-5-7-14/h3-11,13,19H,1-2H3,(H,22,24)(H,25,26)/p-1/t13-,19+/m0/s1. The molecule has 0 radical (unpaired) electrons. The molecule has 3 aromatic rings. The lowest BCUT2D eigenvalue weighted by Crippen LogP contribution is -2.45. The van der Waals surface area contributed by atoms with Crippen LogP contribution in [0.5, 0.6) is 5.75 Å². The summed E-state index contributed by atoms with van der Waals surface area (Å²) < 4.78 is 10.7. The molecular weight excluding hydrogens is 362 g/mol. The fourth-order valence-corrected chi connectivity index (χ4v) is 2.82. The number of amides is 1. The van der Waals surface area contributed by atoms with Gasteiger partial charge in [0.05, 0.1) is 12.0 Å². The van der Waals surface area contributed by atoms with Gasteiger partial charge in [-0.1, -0.05) is 30.3 Å². The number of fused-ring (bicyclic) bond motifs is 1. The first-order chi connectivity index (χ1) is 13.3. The SMILES string of the molecule is Cc1cc(=O)oc2cc(O[C@@H](C)C(=O)N[C@@H](C(=O)[O-])c3ccccc3)ccc12. The van der Waals surface area contributed by atoms with Crippen molar-refractivity contribution in [3.63, 3.8) is 0 Å². The van der Waals surface area contributed by atoms with Gasteiger partial charge in [0, 0.05) is 17.5 Å². The number of carbonyl (C=O) groups excluding carboxylic acids is 2. The van der Waals surface area contributed by atoms with Crippen molar-refractivity contribution in [1.29, 1.82) is 0 Å². The molecule has 1 N–H and O–H groups in total. The number of aliphatic carboxylic acids is 1. The van der Waals surface area contributed by atoms with Gasteiger partial charge in [-0.3, -0.25) is 4.79 Å². The van der Waals surface area contributed by atoms with Gasteiger partial charge in [0.2, 0.25) is 0 Å². The minimum absolute atomic E-state index is 0.314. The van der Waals surface area contributed by atoms with E-state index in [9.17, 15) is 19.5 Å². The third kappa shape index (κ3) is 4.20. The van der Waals surface area contributed by atoms with E-state index in [2.05, 4.69) is 5.32 Å². The largest absolute Gasteiger partial charge is 0.548 e. The van der Waals surface area contributed by atoms with Crippen LogP contribution >= 0.6 is 0 Å². The second-order valence-electron chi connectivity index (χ2n) is 6.34. The number of hydrogen-bond acceptors (Lipinski definition) is 6. The van der Waals surface area contributed by atoms with Crippen LogP contribution in [0.4, 0.5) is 0 Å². The molecule has 7 heteroatoms. The second kappa shape index (κ2) is 7.96. The van der Waals surface area contributed by atoms with Crippen LogP contribution in [0.2, 0.25) is 0 Å². The molecule has 0 aliphatic heterocycles. The van der Waals surface area contributed by atoms with E-state index in [1.165, 1.54) is 19.1 Å². The van der Waals surface area contributed by atoms with E-state index in [1.807, 2.05) is 0 Å². The Morgan fingerprint density at radius 3 is 2.50 bits per heavy atom. The number of benzene rings is 2. The van der Waals surface area contributed by atoms with Crippen LogP contribution in [0.3, 0.4) is 0 Å². The summed E-state index contributed by atoms with van der Waals surface area (Å²) in [5.74, 6) is -1.73. The van der Waals surface area contributed by atoms with Crippen LogP contribution in [0.25, 0.3) is 11.0 Å². The minimum atomic E-state index is -1.42. The highest BCUT2D eigenvalue weighted by molar-refractivity contribution is 5.86. The van der Waals surface area contributed by atoms with Crippen molar-refractivity contribution in [1.82, 2.24) is 5.32 Å². The average Bonchev–Trinajstić information content (AvgIpc) is 2.65. The van der Waals surface area contributed by atoms with Crippen LogP contribution < -0.4 is 20.8 Å². The molecule has 0 saturated carbocycles. The molecule has 2 atom stereocenters. The van der Waals surface area contributed by atoms with Gasteiger partial charge < -0.3 is 24.4 Å². The van der Waals surface area contributed by atoms with Crippen LogP contribution in [-0.2, 0) is 9.59 Å². The zero-order valence-corrected chi connectivity index (χ0v) is 15.3. The highest BCUT2D eigenvalue weighted by Crippen LogP contribution is 2.23. The van der Waals surface area contributed by atoms with Gasteiger partial charge in [-0.05, 0) is 37.1 Å². The molecule has 0 aliphatic rings. The first kappa shape index (κ1) is 19.2. The highest BCUT2D eigenvalue weighted by Gasteiger charge is 2.21. The Balaban J connectivity index is 1.75. The predicted molar refractivity (Wildman–Crippen MR) is 99.6 cm³/mol. The van der Waals surface area contributed by atoms with E-state index < -0.39 is 29.6 Å². The van der Waals surface area contributed by atoms with Crippen molar-refractivity contribution < 1.29 is 23.8 Å². The fourth-order valence-electron chi connectivity index (χ4n) is 2.82. The Morgan fingerprint density at radius 1 is 1.11 bits per heavy atom. The predicted octanol–water partition coefficient (Wildman–Crippen LogP) is 1.48.